The minimum Gasteiger partial charge on any atom is -0.480 e. The van der Waals surface area contributed by atoms with E-state index in [4.69, 9.17) is 15.3 Å². The number of aliphatic carboxylic acids is 1. The summed E-state index contributed by atoms with van der Waals surface area (Å²) in [7, 11) is 0. The number of β-amino-alcohol motifs (C(OH)–C–C–N with tert-alkyl or cyclic N) is 2. The third-order valence-corrected chi connectivity index (χ3v) is 2.44. The Morgan fingerprint density at radius 3 is 2.13 bits per heavy atom. The smallest absolute Gasteiger partial charge is 0.320 e. The molecule has 15 heavy (non-hydrogen) atoms. The highest BCUT2D eigenvalue weighted by atomic mass is 16.4. The van der Waals surface area contributed by atoms with Gasteiger partial charge in [0.25, 0.3) is 0 Å². The van der Waals surface area contributed by atoms with Gasteiger partial charge in [-0.05, 0) is 13.0 Å². The molecule has 2 aliphatic rings. The summed E-state index contributed by atoms with van der Waals surface area (Å²) in [6, 6.07) is -0.542. The molecule has 0 amide bonds. The number of aliphatic hydroxyl groups is 2. The number of rotatable bonds is 1. The molecule has 2 rings (SSSR count). The molecule has 0 saturated carbocycles. The number of hydrogen-bond donors (Lipinski definition) is 5. The summed E-state index contributed by atoms with van der Waals surface area (Å²) >= 11 is 0. The summed E-state index contributed by atoms with van der Waals surface area (Å²) in [5, 5.41) is 31.5. The Bertz CT molecular complexity index is 206. The van der Waals surface area contributed by atoms with Crippen molar-refractivity contribution in [3.63, 3.8) is 0 Å². The number of carbonyl (C=O) groups is 1. The van der Waals surface area contributed by atoms with Crippen LogP contribution in [0.3, 0.4) is 0 Å². The topological polar surface area (TPSA) is 102 Å². The average Bonchev–Trinajstić information content (AvgIpc) is 2.77. The van der Waals surface area contributed by atoms with Crippen LogP contribution in [0.5, 0.6) is 0 Å². The molecule has 2 saturated heterocycles. The first-order chi connectivity index (χ1) is 7.09. The molecular weight excluding hydrogens is 200 g/mol. The zero-order chi connectivity index (χ0) is 11.3. The molecule has 2 heterocycles. The van der Waals surface area contributed by atoms with Gasteiger partial charge in [0.1, 0.15) is 6.04 Å². The Balaban J connectivity index is 0.000000162. The molecule has 0 bridgehead atoms. The quantitative estimate of drug-likeness (QED) is 0.353. The van der Waals surface area contributed by atoms with E-state index in [1.807, 2.05) is 0 Å². The highest BCUT2D eigenvalue weighted by Crippen LogP contribution is 2.05. The monoisotopic (exact) mass is 218 g/mol. The van der Waals surface area contributed by atoms with E-state index in [0.29, 0.717) is 13.0 Å². The fraction of sp³-hybridized carbons (Fsp3) is 0.889. The first-order valence-electron chi connectivity index (χ1n) is 5.12. The predicted octanol–water partition coefficient (Wildman–Crippen LogP) is -1.87. The summed E-state index contributed by atoms with van der Waals surface area (Å²) < 4.78 is 0. The molecular formula is C9H18N2O4. The van der Waals surface area contributed by atoms with Gasteiger partial charge in [0, 0.05) is 19.5 Å². The van der Waals surface area contributed by atoms with E-state index in [1.165, 1.54) is 0 Å². The molecule has 6 nitrogen and oxygen atoms in total. The normalized spacial score (nSPS) is 34.7. The van der Waals surface area contributed by atoms with Gasteiger partial charge in [-0.25, -0.2) is 0 Å². The van der Waals surface area contributed by atoms with Crippen molar-refractivity contribution < 1.29 is 20.1 Å². The van der Waals surface area contributed by atoms with Crippen molar-refractivity contribution in [3.05, 3.63) is 0 Å². The molecule has 6 heteroatoms. The average molecular weight is 218 g/mol. The van der Waals surface area contributed by atoms with Gasteiger partial charge in [-0.3, -0.25) is 4.79 Å². The van der Waals surface area contributed by atoms with Crippen LogP contribution in [-0.4, -0.2) is 59.2 Å². The van der Waals surface area contributed by atoms with Crippen molar-refractivity contribution in [1.82, 2.24) is 10.6 Å². The Labute approximate surface area is 88.3 Å². The fourth-order valence-corrected chi connectivity index (χ4v) is 1.54. The highest BCUT2D eigenvalue weighted by Gasteiger charge is 2.27. The Morgan fingerprint density at radius 1 is 1.20 bits per heavy atom. The second-order valence-corrected chi connectivity index (χ2v) is 3.84. The molecule has 0 aromatic heterocycles. The van der Waals surface area contributed by atoms with Crippen LogP contribution in [-0.2, 0) is 4.79 Å². The molecule has 2 aliphatic heterocycles. The van der Waals surface area contributed by atoms with Crippen molar-refractivity contribution in [1.29, 1.82) is 0 Å². The number of aliphatic hydroxyl groups excluding tert-OH is 2. The van der Waals surface area contributed by atoms with Gasteiger partial charge in [0.2, 0.25) is 0 Å². The van der Waals surface area contributed by atoms with Crippen LogP contribution in [0.15, 0.2) is 0 Å². The fourth-order valence-electron chi connectivity index (χ4n) is 1.54. The van der Waals surface area contributed by atoms with E-state index in [9.17, 15) is 4.79 Å². The number of carboxylic acids is 1. The maximum Gasteiger partial charge on any atom is 0.320 e. The van der Waals surface area contributed by atoms with Crippen molar-refractivity contribution in [2.24, 2.45) is 0 Å². The van der Waals surface area contributed by atoms with Crippen LogP contribution in [0.25, 0.3) is 0 Å². The van der Waals surface area contributed by atoms with Crippen LogP contribution < -0.4 is 10.6 Å². The summed E-state index contributed by atoms with van der Waals surface area (Å²) in [5.41, 5.74) is 0. The van der Waals surface area contributed by atoms with Crippen LogP contribution in [0, 0.1) is 0 Å². The molecule has 1 unspecified atom stereocenters. The Morgan fingerprint density at radius 2 is 1.93 bits per heavy atom. The van der Waals surface area contributed by atoms with Gasteiger partial charge in [0.15, 0.2) is 0 Å². The van der Waals surface area contributed by atoms with Gasteiger partial charge in [-0.15, -0.1) is 0 Å². The number of carboxylic acid groups (broad SMARTS) is 1. The highest BCUT2D eigenvalue weighted by molar-refractivity contribution is 5.73. The van der Waals surface area contributed by atoms with E-state index < -0.39 is 18.1 Å². The Kier molecular flexibility index (Phi) is 4.97. The zero-order valence-electron chi connectivity index (χ0n) is 8.52. The van der Waals surface area contributed by atoms with Crippen LogP contribution in [0.4, 0.5) is 0 Å². The standard InChI is InChI=1S/C5H9NO3.C4H9NO/c7-3-1-4(5(8)9)6-2-3;6-4-1-2-5-3-4/h3-4,6-7H,1-2H2,(H,8,9);4-6H,1-3H2/t3-,4+;/m1./s1. The van der Waals surface area contributed by atoms with E-state index in [-0.39, 0.29) is 6.10 Å². The van der Waals surface area contributed by atoms with E-state index in [0.717, 1.165) is 19.5 Å². The minimum absolute atomic E-state index is 0.0648. The lowest BCUT2D eigenvalue weighted by Crippen LogP contribution is -2.29. The summed E-state index contributed by atoms with van der Waals surface area (Å²) in [5.74, 6) is -0.883. The van der Waals surface area contributed by atoms with E-state index in [2.05, 4.69) is 10.6 Å². The molecule has 3 atom stereocenters. The van der Waals surface area contributed by atoms with Crippen LogP contribution in [0.1, 0.15) is 12.8 Å². The number of nitrogens with one attached hydrogen (secondary N) is 2. The lowest BCUT2D eigenvalue weighted by Gasteiger charge is -1.99. The zero-order valence-corrected chi connectivity index (χ0v) is 8.52. The Hall–Kier alpha value is -0.690. The van der Waals surface area contributed by atoms with Crippen molar-refractivity contribution in [2.75, 3.05) is 19.6 Å². The molecule has 0 radical (unpaired) electrons. The second-order valence-electron chi connectivity index (χ2n) is 3.84. The van der Waals surface area contributed by atoms with Gasteiger partial charge in [-0.2, -0.15) is 0 Å². The molecule has 5 N–H and O–H groups in total. The summed E-state index contributed by atoms with van der Waals surface area (Å²) in [4.78, 5) is 10.2. The van der Waals surface area contributed by atoms with Crippen molar-refractivity contribution >= 4 is 5.97 Å². The molecule has 0 aliphatic carbocycles. The lowest BCUT2D eigenvalue weighted by atomic mass is 10.2. The second kappa shape index (κ2) is 6.02. The molecule has 0 aromatic carbocycles. The molecule has 88 valence electrons. The van der Waals surface area contributed by atoms with E-state index in [1.54, 1.807) is 0 Å². The largest absolute Gasteiger partial charge is 0.480 e. The van der Waals surface area contributed by atoms with Crippen molar-refractivity contribution in [3.8, 4) is 0 Å². The third kappa shape index (κ3) is 4.57. The first-order valence-corrected chi connectivity index (χ1v) is 5.12. The number of hydrogen-bond acceptors (Lipinski definition) is 5. The first kappa shape index (κ1) is 12.4. The molecule has 2 fully saturated rings. The van der Waals surface area contributed by atoms with Crippen molar-refractivity contribution in [2.45, 2.75) is 31.1 Å². The van der Waals surface area contributed by atoms with Gasteiger partial charge in [-0.1, -0.05) is 0 Å². The van der Waals surface area contributed by atoms with Crippen LogP contribution >= 0.6 is 0 Å². The van der Waals surface area contributed by atoms with Gasteiger partial charge >= 0.3 is 5.97 Å². The van der Waals surface area contributed by atoms with E-state index >= 15 is 0 Å². The van der Waals surface area contributed by atoms with Gasteiger partial charge in [0.05, 0.1) is 12.2 Å². The lowest BCUT2D eigenvalue weighted by molar-refractivity contribution is -0.139. The summed E-state index contributed by atoms with van der Waals surface area (Å²) in [6.45, 7) is 2.18. The predicted molar refractivity (Wildman–Crippen MR) is 53.5 cm³/mol. The maximum absolute atomic E-state index is 10.2. The summed E-state index contributed by atoms with van der Waals surface area (Å²) in [6.07, 6.45) is 0.714. The van der Waals surface area contributed by atoms with Crippen LogP contribution in [0.2, 0.25) is 0 Å². The minimum atomic E-state index is -0.883. The maximum atomic E-state index is 10.2. The SMILES string of the molecule is O=C(O)[C@@H]1C[C@@H](O)CN1.OC1CCNC1. The third-order valence-electron chi connectivity index (χ3n) is 2.44. The molecule has 0 aromatic rings. The van der Waals surface area contributed by atoms with Gasteiger partial charge < -0.3 is 26.0 Å². The molecule has 0 spiro atoms.